The van der Waals surface area contributed by atoms with Gasteiger partial charge in [-0.3, -0.25) is 4.57 Å². The zero-order valence-electron chi connectivity index (χ0n) is 14.8. The highest BCUT2D eigenvalue weighted by molar-refractivity contribution is 7.51. The molecule has 0 bridgehead atoms. The zero-order valence-corrected chi connectivity index (χ0v) is 15.7. The molecule has 0 saturated heterocycles. The minimum absolute atomic E-state index is 0.355. The Kier molecular flexibility index (Phi) is 6.51. The van der Waals surface area contributed by atoms with Gasteiger partial charge in [0.15, 0.2) is 17.0 Å². The van der Waals surface area contributed by atoms with Gasteiger partial charge in [-0.15, -0.1) is 0 Å². The monoisotopic (exact) mass is 371 g/mol. The van der Waals surface area contributed by atoms with E-state index in [-0.39, 0.29) is 0 Å². The molecule has 0 radical (unpaired) electrons. The fourth-order valence-electron chi connectivity index (χ4n) is 2.59. The number of hydrogen-bond donors (Lipinski definition) is 3. The third kappa shape index (κ3) is 5.22. The SMILES string of the molecule is CCCc1nc(N)c2nc(CCC)n(CC(C)OCP(=O)(O)O)c2n1. The van der Waals surface area contributed by atoms with Crippen LogP contribution in [0.4, 0.5) is 5.82 Å². The second-order valence-corrected chi connectivity index (χ2v) is 7.69. The van der Waals surface area contributed by atoms with E-state index in [2.05, 4.69) is 21.9 Å². The third-order valence-corrected chi connectivity index (χ3v) is 4.15. The molecular formula is C15H26N5O4P. The number of aryl methyl sites for hydroxylation is 2. The highest BCUT2D eigenvalue weighted by atomic mass is 31.2. The lowest BCUT2D eigenvalue weighted by atomic mass is 10.3. The summed E-state index contributed by atoms with van der Waals surface area (Å²) in [6, 6.07) is 0. The Balaban J connectivity index is 2.37. The largest absolute Gasteiger partial charge is 0.382 e. The van der Waals surface area contributed by atoms with Gasteiger partial charge >= 0.3 is 7.60 Å². The van der Waals surface area contributed by atoms with E-state index in [4.69, 9.17) is 20.3 Å². The average molecular weight is 371 g/mol. The molecule has 9 nitrogen and oxygen atoms in total. The summed E-state index contributed by atoms with van der Waals surface area (Å²) in [4.78, 5) is 31.4. The fourth-order valence-corrected chi connectivity index (χ4v) is 3.04. The number of nitrogen functional groups attached to an aromatic ring is 1. The van der Waals surface area contributed by atoms with Crippen molar-refractivity contribution in [3.05, 3.63) is 11.6 Å². The Morgan fingerprint density at radius 2 is 1.88 bits per heavy atom. The maximum Gasteiger partial charge on any atom is 0.350 e. The van der Waals surface area contributed by atoms with Crippen LogP contribution in [0.3, 0.4) is 0 Å². The quantitative estimate of drug-likeness (QED) is 0.568. The lowest BCUT2D eigenvalue weighted by molar-refractivity contribution is 0.0758. The smallest absolute Gasteiger partial charge is 0.350 e. The van der Waals surface area contributed by atoms with Gasteiger partial charge < -0.3 is 24.8 Å². The predicted octanol–water partition coefficient (Wildman–Crippen LogP) is 1.85. The molecule has 2 aromatic heterocycles. The number of ether oxygens (including phenoxy) is 1. The van der Waals surface area contributed by atoms with Crippen molar-refractivity contribution in [1.29, 1.82) is 0 Å². The molecule has 2 heterocycles. The maximum absolute atomic E-state index is 11.0. The molecule has 0 aliphatic carbocycles. The molecule has 10 heteroatoms. The van der Waals surface area contributed by atoms with Crippen LogP contribution in [0.15, 0.2) is 0 Å². The summed E-state index contributed by atoms with van der Waals surface area (Å²) >= 11 is 0. The van der Waals surface area contributed by atoms with Crippen molar-refractivity contribution in [3.63, 3.8) is 0 Å². The van der Waals surface area contributed by atoms with Crippen LogP contribution in [0.2, 0.25) is 0 Å². The number of hydrogen-bond acceptors (Lipinski definition) is 6. The first kappa shape index (κ1) is 19.8. The highest BCUT2D eigenvalue weighted by Crippen LogP contribution is 2.34. The Bertz CT molecular complexity index is 773. The number of anilines is 1. The maximum atomic E-state index is 11.0. The Hall–Kier alpha value is -1.54. The second kappa shape index (κ2) is 8.23. The number of imidazole rings is 1. The van der Waals surface area contributed by atoms with Crippen molar-refractivity contribution in [2.45, 2.75) is 59.1 Å². The van der Waals surface area contributed by atoms with Crippen LogP contribution >= 0.6 is 7.60 Å². The fraction of sp³-hybridized carbons (Fsp3) is 0.667. The van der Waals surface area contributed by atoms with Crippen molar-refractivity contribution < 1.29 is 19.1 Å². The Morgan fingerprint density at radius 3 is 2.48 bits per heavy atom. The van der Waals surface area contributed by atoms with Crippen LogP contribution in [-0.2, 0) is 28.7 Å². The first-order chi connectivity index (χ1) is 11.7. The Labute approximate surface area is 146 Å². The van der Waals surface area contributed by atoms with Crippen LogP contribution in [0.5, 0.6) is 0 Å². The topological polar surface area (TPSA) is 136 Å². The van der Waals surface area contributed by atoms with Crippen molar-refractivity contribution in [2.75, 3.05) is 12.1 Å². The van der Waals surface area contributed by atoms with Gasteiger partial charge in [-0.25, -0.2) is 15.0 Å². The van der Waals surface area contributed by atoms with Crippen LogP contribution in [0.25, 0.3) is 11.2 Å². The van der Waals surface area contributed by atoms with E-state index in [0.717, 1.165) is 31.5 Å². The number of aromatic nitrogens is 4. The summed E-state index contributed by atoms with van der Waals surface area (Å²) in [6.45, 7) is 6.24. The lowest BCUT2D eigenvalue weighted by Crippen LogP contribution is -2.19. The summed E-state index contributed by atoms with van der Waals surface area (Å²) in [5, 5.41) is 0. The van der Waals surface area contributed by atoms with E-state index < -0.39 is 20.0 Å². The molecule has 0 amide bonds. The van der Waals surface area contributed by atoms with Gasteiger partial charge in [-0.1, -0.05) is 13.8 Å². The van der Waals surface area contributed by atoms with Gasteiger partial charge in [-0.2, -0.15) is 0 Å². The van der Waals surface area contributed by atoms with Crippen molar-refractivity contribution in [1.82, 2.24) is 19.5 Å². The molecule has 2 rings (SSSR count). The molecule has 1 atom stereocenters. The predicted molar refractivity (Wildman–Crippen MR) is 95.2 cm³/mol. The van der Waals surface area contributed by atoms with E-state index >= 15 is 0 Å². The third-order valence-electron chi connectivity index (χ3n) is 3.66. The van der Waals surface area contributed by atoms with E-state index in [0.29, 0.717) is 29.4 Å². The summed E-state index contributed by atoms with van der Waals surface area (Å²) in [5.74, 6) is 1.84. The average Bonchev–Trinajstić information content (AvgIpc) is 2.84. The molecular weight excluding hydrogens is 345 g/mol. The molecule has 25 heavy (non-hydrogen) atoms. The summed E-state index contributed by atoms with van der Waals surface area (Å²) in [6.07, 6.45) is 2.25. The van der Waals surface area contributed by atoms with Gasteiger partial charge in [0.2, 0.25) is 0 Å². The van der Waals surface area contributed by atoms with E-state index in [1.807, 2.05) is 11.5 Å². The molecule has 0 aliphatic heterocycles. The van der Waals surface area contributed by atoms with E-state index in [1.165, 1.54) is 0 Å². The summed E-state index contributed by atoms with van der Waals surface area (Å²) in [7, 11) is -4.20. The number of rotatable bonds is 9. The van der Waals surface area contributed by atoms with Gasteiger partial charge in [-0.05, 0) is 19.8 Å². The normalized spacial score (nSPS) is 13.5. The first-order valence-corrected chi connectivity index (χ1v) is 10.2. The van der Waals surface area contributed by atoms with Crippen LogP contribution < -0.4 is 5.73 Å². The van der Waals surface area contributed by atoms with Gasteiger partial charge in [0, 0.05) is 12.8 Å². The second-order valence-electron chi connectivity index (χ2n) is 6.11. The number of nitrogens with two attached hydrogens (primary N) is 1. The molecule has 2 aromatic rings. The first-order valence-electron chi connectivity index (χ1n) is 8.42. The standard InChI is InChI=1S/C15H26N5O4P/c1-4-6-11-17-14(16)13-15(18-11)20(12(19-13)7-5-2)8-10(3)24-9-25(21,22)23/h10H,4-9H2,1-3H3,(H2,16,17,18)(H2,21,22,23). The molecule has 0 spiro atoms. The molecule has 0 fully saturated rings. The summed E-state index contributed by atoms with van der Waals surface area (Å²) < 4.78 is 18.2. The van der Waals surface area contributed by atoms with E-state index in [9.17, 15) is 4.57 Å². The minimum Gasteiger partial charge on any atom is -0.382 e. The molecule has 0 saturated carbocycles. The van der Waals surface area contributed by atoms with Crippen molar-refractivity contribution in [2.24, 2.45) is 0 Å². The van der Waals surface area contributed by atoms with Crippen LogP contribution in [0, 0.1) is 0 Å². The van der Waals surface area contributed by atoms with Gasteiger partial charge in [0.1, 0.15) is 18.0 Å². The number of nitrogens with zero attached hydrogens (tertiary/aromatic N) is 4. The molecule has 140 valence electrons. The minimum atomic E-state index is -4.20. The van der Waals surface area contributed by atoms with Crippen molar-refractivity contribution in [3.8, 4) is 0 Å². The van der Waals surface area contributed by atoms with Crippen LogP contribution in [0.1, 0.15) is 45.3 Å². The Morgan fingerprint density at radius 1 is 1.20 bits per heavy atom. The highest BCUT2D eigenvalue weighted by Gasteiger charge is 2.20. The lowest BCUT2D eigenvalue weighted by Gasteiger charge is -2.16. The van der Waals surface area contributed by atoms with Crippen molar-refractivity contribution >= 4 is 24.6 Å². The van der Waals surface area contributed by atoms with E-state index in [1.54, 1.807) is 6.92 Å². The molecule has 1 unspecified atom stereocenters. The summed E-state index contributed by atoms with van der Waals surface area (Å²) in [5.41, 5.74) is 7.26. The van der Waals surface area contributed by atoms with Crippen LogP contribution in [-0.4, -0.2) is 41.8 Å². The van der Waals surface area contributed by atoms with Gasteiger partial charge in [0.25, 0.3) is 0 Å². The molecule has 0 aliphatic rings. The number of fused-ring (bicyclic) bond motifs is 1. The molecule has 0 aromatic carbocycles. The zero-order chi connectivity index (χ0) is 18.6. The van der Waals surface area contributed by atoms with Gasteiger partial charge in [0.05, 0.1) is 12.6 Å². The molecule has 4 N–H and O–H groups in total.